The van der Waals surface area contributed by atoms with Crippen molar-refractivity contribution < 1.29 is 23.7 Å². The van der Waals surface area contributed by atoms with Gasteiger partial charge >= 0.3 is 6.03 Å². The molecule has 1 aromatic carbocycles. The molecule has 3 rings (SSSR count). The minimum absolute atomic E-state index is 0.292. The van der Waals surface area contributed by atoms with Crippen molar-refractivity contribution in [2.24, 2.45) is 0 Å². The molecule has 0 radical (unpaired) electrons. The van der Waals surface area contributed by atoms with Crippen LogP contribution in [0.2, 0.25) is 5.02 Å². The van der Waals surface area contributed by atoms with Crippen LogP contribution in [0.3, 0.4) is 0 Å². The molecule has 8 heteroatoms. The summed E-state index contributed by atoms with van der Waals surface area (Å²) in [6, 6.07) is 6.61. The molecule has 0 saturated carbocycles. The largest absolute Gasteiger partial charge is 0.373 e. The molecule has 2 amide bonds. The highest BCUT2D eigenvalue weighted by Gasteiger charge is 2.55. The van der Waals surface area contributed by atoms with E-state index in [0.717, 1.165) is 12.8 Å². The second-order valence-corrected chi connectivity index (χ2v) is 8.67. The summed E-state index contributed by atoms with van der Waals surface area (Å²) in [5, 5.41) is 6.24. The van der Waals surface area contributed by atoms with Crippen LogP contribution >= 0.6 is 11.6 Å². The fraction of sp³-hybridized carbons (Fsp3) is 0.682. The highest BCUT2D eigenvalue weighted by Crippen LogP contribution is 2.38. The molecular weight excluding hydrogens is 408 g/mol. The van der Waals surface area contributed by atoms with E-state index in [1.807, 2.05) is 13.8 Å². The van der Waals surface area contributed by atoms with E-state index in [9.17, 15) is 4.79 Å². The Hall–Kier alpha value is -1.38. The average molecular weight is 441 g/mol. The maximum Gasteiger partial charge on any atom is 0.319 e. The van der Waals surface area contributed by atoms with Crippen molar-refractivity contribution in [3.63, 3.8) is 0 Å². The molecule has 2 aliphatic heterocycles. The minimum atomic E-state index is -0.706. The van der Waals surface area contributed by atoms with Gasteiger partial charge in [0.15, 0.2) is 12.1 Å². The van der Waals surface area contributed by atoms with Crippen molar-refractivity contribution in [2.45, 2.75) is 83.3 Å². The number of ether oxygens (including phenoxy) is 4. The SMILES string of the molecule is CCCCCCCO[C@H]1[C@H]2OC(C)(C)O[C@H]2O[C@H]1CNC(=O)Nc1ccc(Cl)cc1. The molecule has 7 nitrogen and oxygen atoms in total. The Balaban J connectivity index is 1.49. The molecular formula is C22H33ClN2O5. The number of hydrogen-bond donors (Lipinski definition) is 2. The standard InChI is InChI=1S/C22H33ClN2O5/c1-4-5-6-7-8-13-27-18-17(28-20-19(18)29-22(2,3)30-20)14-24-21(26)25-16-11-9-15(23)10-12-16/h9-12,17-20H,4-8,13-14H2,1-3H3,(H2,24,25,26)/t17-,18+,19+,20+/m0/s1. The molecule has 2 N–H and O–H groups in total. The van der Waals surface area contributed by atoms with Crippen LogP contribution in [-0.4, -0.2) is 49.6 Å². The normalized spacial score (nSPS) is 27.1. The number of anilines is 1. The van der Waals surface area contributed by atoms with Gasteiger partial charge in [-0.3, -0.25) is 0 Å². The van der Waals surface area contributed by atoms with Crippen LogP contribution in [0.25, 0.3) is 0 Å². The van der Waals surface area contributed by atoms with E-state index in [-0.39, 0.29) is 24.3 Å². The number of benzene rings is 1. The second kappa shape index (κ2) is 10.8. The summed E-state index contributed by atoms with van der Waals surface area (Å²) in [4.78, 5) is 12.3. The Morgan fingerprint density at radius 1 is 1.13 bits per heavy atom. The number of rotatable bonds is 10. The van der Waals surface area contributed by atoms with Crippen LogP contribution < -0.4 is 10.6 Å². The third-order valence-corrected chi connectivity index (χ3v) is 5.46. The quantitative estimate of drug-likeness (QED) is 0.516. The number of urea groups is 1. The van der Waals surface area contributed by atoms with Gasteiger partial charge in [0.1, 0.15) is 18.3 Å². The van der Waals surface area contributed by atoms with Crippen molar-refractivity contribution in [3.8, 4) is 0 Å². The van der Waals surface area contributed by atoms with E-state index in [0.29, 0.717) is 23.9 Å². The average Bonchev–Trinajstić information content (AvgIpc) is 3.16. The zero-order chi connectivity index (χ0) is 21.6. The maximum atomic E-state index is 12.3. The number of hydrogen-bond acceptors (Lipinski definition) is 5. The lowest BCUT2D eigenvalue weighted by Crippen LogP contribution is -2.44. The van der Waals surface area contributed by atoms with E-state index in [1.165, 1.54) is 19.3 Å². The number of nitrogens with one attached hydrogen (secondary N) is 2. The highest BCUT2D eigenvalue weighted by atomic mass is 35.5. The topological polar surface area (TPSA) is 78.1 Å². The summed E-state index contributed by atoms with van der Waals surface area (Å²) < 4.78 is 24.0. The molecule has 2 heterocycles. The van der Waals surface area contributed by atoms with Gasteiger partial charge in [0.2, 0.25) is 0 Å². The molecule has 2 fully saturated rings. The minimum Gasteiger partial charge on any atom is -0.373 e. The van der Waals surface area contributed by atoms with Gasteiger partial charge < -0.3 is 29.6 Å². The predicted octanol–water partition coefficient (Wildman–Crippen LogP) is 4.69. The van der Waals surface area contributed by atoms with Crippen LogP contribution in [0.5, 0.6) is 0 Å². The van der Waals surface area contributed by atoms with Gasteiger partial charge in [-0.05, 0) is 44.5 Å². The number of amides is 2. The van der Waals surface area contributed by atoms with Gasteiger partial charge in [0.25, 0.3) is 0 Å². The highest BCUT2D eigenvalue weighted by molar-refractivity contribution is 6.30. The van der Waals surface area contributed by atoms with Gasteiger partial charge in [-0.25, -0.2) is 4.79 Å². The third kappa shape index (κ3) is 6.56. The monoisotopic (exact) mass is 440 g/mol. The molecule has 4 atom stereocenters. The Kier molecular flexibility index (Phi) is 8.36. The van der Waals surface area contributed by atoms with E-state index in [2.05, 4.69) is 17.6 Å². The lowest BCUT2D eigenvalue weighted by atomic mass is 10.1. The first kappa shape index (κ1) is 23.3. The number of unbranched alkanes of at least 4 members (excludes halogenated alkanes) is 4. The first-order valence-corrected chi connectivity index (χ1v) is 11.2. The number of fused-ring (bicyclic) bond motifs is 1. The zero-order valence-electron chi connectivity index (χ0n) is 18.0. The van der Waals surface area contributed by atoms with Gasteiger partial charge in [-0.15, -0.1) is 0 Å². The van der Waals surface area contributed by atoms with Crippen molar-refractivity contribution >= 4 is 23.3 Å². The smallest absolute Gasteiger partial charge is 0.319 e. The number of carbonyl (C=O) groups is 1. The molecule has 30 heavy (non-hydrogen) atoms. The maximum absolute atomic E-state index is 12.3. The fourth-order valence-electron chi connectivity index (χ4n) is 3.74. The second-order valence-electron chi connectivity index (χ2n) is 8.23. The summed E-state index contributed by atoms with van der Waals surface area (Å²) in [7, 11) is 0. The molecule has 0 bridgehead atoms. The van der Waals surface area contributed by atoms with Crippen LogP contribution in [0.1, 0.15) is 52.9 Å². The van der Waals surface area contributed by atoms with E-state index >= 15 is 0 Å². The van der Waals surface area contributed by atoms with Gasteiger partial charge in [-0.2, -0.15) is 0 Å². The molecule has 2 saturated heterocycles. The summed E-state index contributed by atoms with van der Waals surface area (Å²) in [6.45, 7) is 6.86. The number of carbonyl (C=O) groups excluding carboxylic acids is 1. The van der Waals surface area contributed by atoms with E-state index < -0.39 is 12.1 Å². The van der Waals surface area contributed by atoms with Gasteiger partial charge in [-0.1, -0.05) is 44.2 Å². The van der Waals surface area contributed by atoms with Crippen molar-refractivity contribution in [1.29, 1.82) is 0 Å². The van der Waals surface area contributed by atoms with E-state index in [4.69, 9.17) is 30.5 Å². The summed E-state index contributed by atoms with van der Waals surface area (Å²) in [5.74, 6) is -0.706. The Bertz CT molecular complexity index is 685. The van der Waals surface area contributed by atoms with Crippen LogP contribution in [0.15, 0.2) is 24.3 Å². The molecule has 2 aliphatic rings. The molecule has 0 unspecified atom stereocenters. The fourth-order valence-corrected chi connectivity index (χ4v) is 3.87. The molecule has 1 aromatic rings. The van der Waals surface area contributed by atoms with E-state index in [1.54, 1.807) is 24.3 Å². The van der Waals surface area contributed by atoms with Crippen molar-refractivity contribution in [1.82, 2.24) is 5.32 Å². The first-order valence-electron chi connectivity index (χ1n) is 10.8. The first-order chi connectivity index (χ1) is 14.4. The third-order valence-electron chi connectivity index (χ3n) is 5.21. The van der Waals surface area contributed by atoms with Crippen LogP contribution in [0, 0.1) is 0 Å². The molecule has 0 aliphatic carbocycles. The van der Waals surface area contributed by atoms with Crippen molar-refractivity contribution in [3.05, 3.63) is 29.3 Å². The van der Waals surface area contributed by atoms with Crippen LogP contribution in [-0.2, 0) is 18.9 Å². The summed E-state index contributed by atoms with van der Waals surface area (Å²) in [6.07, 6.45) is 4.39. The Morgan fingerprint density at radius 3 is 2.60 bits per heavy atom. The summed E-state index contributed by atoms with van der Waals surface area (Å²) in [5.41, 5.74) is 0.661. The number of halogens is 1. The van der Waals surface area contributed by atoms with Gasteiger partial charge in [0, 0.05) is 23.9 Å². The Labute approximate surface area is 183 Å². The molecule has 168 valence electrons. The zero-order valence-corrected chi connectivity index (χ0v) is 18.7. The van der Waals surface area contributed by atoms with Gasteiger partial charge in [0.05, 0.1) is 0 Å². The predicted molar refractivity (Wildman–Crippen MR) is 116 cm³/mol. The molecule has 0 spiro atoms. The summed E-state index contributed by atoms with van der Waals surface area (Å²) >= 11 is 5.87. The molecule has 0 aromatic heterocycles. The Morgan fingerprint density at radius 2 is 1.87 bits per heavy atom. The lowest BCUT2D eigenvalue weighted by Gasteiger charge is -2.26. The van der Waals surface area contributed by atoms with Crippen LogP contribution in [0.4, 0.5) is 10.5 Å². The van der Waals surface area contributed by atoms with Crippen molar-refractivity contribution in [2.75, 3.05) is 18.5 Å². The lowest BCUT2D eigenvalue weighted by molar-refractivity contribution is -0.217.